The van der Waals surface area contributed by atoms with Gasteiger partial charge in [0.1, 0.15) is 11.4 Å². The standard InChI is InChI=1S/C25H18FN3O5S/c26-19-12-10-18(11-13-19)21-16-35-25(27-21)28(14-17-6-2-1-3-7-17)23(30)15-34-24(31)20-8-4-5-9-22(20)29(32)33/h1-13,16H,14-15H2. The number of nitro benzene ring substituents is 1. The van der Waals surface area contributed by atoms with Gasteiger partial charge in [0, 0.05) is 17.0 Å². The number of amides is 1. The highest BCUT2D eigenvalue weighted by Gasteiger charge is 2.25. The molecule has 0 saturated carbocycles. The normalized spacial score (nSPS) is 10.5. The maximum absolute atomic E-state index is 13.3. The summed E-state index contributed by atoms with van der Waals surface area (Å²) in [6.07, 6.45) is 0. The van der Waals surface area contributed by atoms with Crippen LogP contribution in [0, 0.1) is 15.9 Å². The first-order chi connectivity index (χ1) is 16.9. The number of carbonyl (C=O) groups is 2. The van der Waals surface area contributed by atoms with Crippen molar-refractivity contribution in [3.05, 3.63) is 111 Å². The first kappa shape index (κ1) is 23.7. The average Bonchev–Trinajstić information content (AvgIpc) is 3.36. The lowest BCUT2D eigenvalue weighted by Crippen LogP contribution is -2.34. The van der Waals surface area contributed by atoms with E-state index in [-0.39, 0.29) is 17.9 Å². The summed E-state index contributed by atoms with van der Waals surface area (Å²) >= 11 is 1.21. The highest BCUT2D eigenvalue weighted by Crippen LogP contribution is 2.29. The van der Waals surface area contributed by atoms with E-state index >= 15 is 0 Å². The maximum Gasteiger partial charge on any atom is 0.345 e. The van der Waals surface area contributed by atoms with Gasteiger partial charge in [-0.25, -0.2) is 14.2 Å². The number of hydrogen-bond acceptors (Lipinski definition) is 7. The minimum atomic E-state index is -0.976. The van der Waals surface area contributed by atoms with Gasteiger partial charge in [-0.05, 0) is 35.9 Å². The number of aromatic nitrogens is 1. The summed E-state index contributed by atoms with van der Waals surface area (Å²) in [6.45, 7) is -0.470. The van der Waals surface area contributed by atoms with E-state index in [1.807, 2.05) is 30.3 Å². The highest BCUT2D eigenvalue weighted by molar-refractivity contribution is 7.14. The molecule has 4 aromatic rings. The number of para-hydroxylation sites is 1. The molecule has 0 saturated heterocycles. The van der Waals surface area contributed by atoms with Crippen molar-refractivity contribution >= 4 is 34.0 Å². The van der Waals surface area contributed by atoms with E-state index in [2.05, 4.69) is 4.98 Å². The van der Waals surface area contributed by atoms with Crippen molar-refractivity contribution in [1.29, 1.82) is 0 Å². The van der Waals surface area contributed by atoms with Gasteiger partial charge in [0.15, 0.2) is 11.7 Å². The summed E-state index contributed by atoms with van der Waals surface area (Å²) in [6, 6.07) is 20.4. The predicted octanol–water partition coefficient (Wildman–Crippen LogP) is 5.25. The molecule has 0 bridgehead atoms. The third kappa shape index (κ3) is 5.74. The molecule has 0 atom stereocenters. The molecule has 1 aromatic heterocycles. The second-order valence-corrected chi connectivity index (χ2v) is 8.17. The molecule has 0 aliphatic carbocycles. The van der Waals surface area contributed by atoms with Gasteiger partial charge in [0.2, 0.25) is 0 Å². The zero-order valence-corrected chi connectivity index (χ0v) is 19.0. The Bertz CT molecular complexity index is 1360. The van der Waals surface area contributed by atoms with Gasteiger partial charge in [-0.3, -0.25) is 19.8 Å². The molecule has 35 heavy (non-hydrogen) atoms. The van der Waals surface area contributed by atoms with Gasteiger partial charge in [-0.2, -0.15) is 0 Å². The van der Waals surface area contributed by atoms with Crippen LogP contribution in [-0.2, 0) is 16.1 Å². The van der Waals surface area contributed by atoms with Crippen LogP contribution in [0.4, 0.5) is 15.2 Å². The molecule has 1 amide bonds. The van der Waals surface area contributed by atoms with Crippen LogP contribution in [0.15, 0.2) is 84.2 Å². The van der Waals surface area contributed by atoms with Crippen LogP contribution < -0.4 is 4.90 Å². The minimum absolute atomic E-state index is 0.166. The lowest BCUT2D eigenvalue weighted by molar-refractivity contribution is -0.385. The van der Waals surface area contributed by atoms with Crippen molar-refractivity contribution in [2.45, 2.75) is 6.54 Å². The molecule has 0 radical (unpaired) electrons. The van der Waals surface area contributed by atoms with Crippen molar-refractivity contribution < 1.29 is 23.6 Å². The van der Waals surface area contributed by atoms with Crippen LogP contribution >= 0.6 is 11.3 Å². The van der Waals surface area contributed by atoms with Gasteiger partial charge in [-0.15, -0.1) is 11.3 Å². The number of anilines is 1. The summed E-state index contributed by atoms with van der Waals surface area (Å²) in [7, 11) is 0. The quantitative estimate of drug-likeness (QED) is 0.190. The highest BCUT2D eigenvalue weighted by atomic mass is 32.1. The fourth-order valence-electron chi connectivity index (χ4n) is 3.26. The molecule has 0 unspecified atom stereocenters. The molecule has 0 N–H and O–H groups in total. The van der Waals surface area contributed by atoms with Crippen LogP contribution in [0.1, 0.15) is 15.9 Å². The summed E-state index contributed by atoms with van der Waals surface area (Å²) in [5.74, 6) is -1.90. The van der Waals surface area contributed by atoms with Gasteiger partial charge < -0.3 is 4.74 Å². The zero-order chi connectivity index (χ0) is 24.8. The van der Waals surface area contributed by atoms with Crippen LogP contribution in [0.2, 0.25) is 0 Å². The van der Waals surface area contributed by atoms with E-state index < -0.39 is 29.1 Å². The SMILES string of the molecule is O=C(OCC(=O)N(Cc1ccccc1)c1nc(-c2ccc(F)cc2)cs1)c1ccccc1[N+](=O)[O-]. The van der Waals surface area contributed by atoms with E-state index in [1.165, 1.54) is 52.6 Å². The van der Waals surface area contributed by atoms with Crippen molar-refractivity contribution in [2.24, 2.45) is 0 Å². The number of carbonyl (C=O) groups excluding carboxylic acids is 2. The molecule has 8 nitrogen and oxygen atoms in total. The van der Waals surface area contributed by atoms with Crippen LogP contribution in [0.3, 0.4) is 0 Å². The van der Waals surface area contributed by atoms with E-state index in [1.54, 1.807) is 17.5 Å². The lowest BCUT2D eigenvalue weighted by Gasteiger charge is -2.20. The van der Waals surface area contributed by atoms with Gasteiger partial charge in [-0.1, -0.05) is 42.5 Å². The molecule has 10 heteroatoms. The number of nitro groups is 1. The fraction of sp³-hybridized carbons (Fsp3) is 0.0800. The third-order valence-electron chi connectivity index (χ3n) is 4.99. The smallest absolute Gasteiger partial charge is 0.345 e. The lowest BCUT2D eigenvalue weighted by atomic mass is 10.2. The molecule has 0 aliphatic rings. The van der Waals surface area contributed by atoms with Gasteiger partial charge >= 0.3 is 5.97 Å². The van der Waals surface area contributed by atoms with E-state index in [4.69, 9.17) is 4.74 Å². The van der Waals surface area contributed by atoms with Crippen molar-refractivity contribution in [2.75, 3.05) is 11.5 Å². The molecule has 0 spiro atoms. The number of ether oxygens (including phenoxy) is 1. The number of rotatable bonds is 8. The first-order valence-electron chi connectivity index (χ1n) is 10.4. The largest absolute Gasteiger partial charge is 0.452 e. The summed E-state index contributed by atoms with van der Waals surface area (Å²) < 4.78 is 18.4. The number of esters is 1. The van der Waals surface area contributed by atoms with Crippen molar-refractivity contribution in [3.63, 3.8) is 0 Å². The molecule has 4 rings (SSSR count). The summed E-state index contributed by atoms with van der Waals surface area (Å²) in [4.78, 5) is 42.0. The number of hydrogen-bond donors (Lipinski definition) is 0. The Morgan fingerprint density at radius 3 is 2.40 bits per heavy atom. The molecule has 176 valence electrons. The first-order valence-corrected chi connectivity index (χ1v) is 11.3. The zero-order valence-electron chi connectivity index (χ0n) is 18.2. The summed E-state index contributed by atoms with van der Waals surface area (Å²) in [5.41, 5.74) is 1.42. The maximum atomic E-state index is 13.3. The Labute approximate surface area is 203 Å². The van der Waals surface area contributed by atoms with Crippen molar-refractivity contribution in [3.8, 4) is 11.3 Å². The second kappa shape index (κ2) is 10.7. The number of halogens is 1. The Hall–Kier alpha value is -4.44. The summed E-state index contributed by atoms with van der Waals surface area (Å²) in [5, 5.41) is 13.3. The van der Waals surface area contributed by atoms with Crippen LogP contribution in [0.5, 0.6) is 0 Å². The molecule has 1 heterocycles. The Balaban J connectivity index is 1.55. The molecule has 3 aromatic carbocycles. The van der Waals surface area contributed by atoms with E-state index in [0.717, 1.165) is 5.56 Å². The number of nitrogens with zero attached hydrogens (tertiary/aromatic N) is 3. The predicted molar refractivity (Wildman–Crippen MR) is 129 cm³/mol. The van der Waals surface area contributed by atoms with E-state index in [9.17, 15) is 24.1 Å². The van der Waals surface area contributed by atoms with Gasteiger partial charge in [0.25, 0.3) is 11.6 Å². The second-order valence-electron chi connectivity index (χ2n) is 7.34. The topological polar surface area (TPSA) is 103 Å². The van der Waals surface area contributed by atoms with Gasteiger partial charge in [0.05, 0.1) is 17.2 Å². The fourth-order valence-corrected chi connectivity index (χ4v) is 4.11. The Morgan fingerprint density at radius 1 is 1.00 bits per heavy atom. The Kier molecular flexibility index (Phi) is 7.22. The number of thiazole rings is 1. The molecular formula is C25H18FN3O5S. The average molecular weight is 492 g/mol. The Morgan fingerprint density at radius 2 is 1.69 bits per heavy atom. The monoisotopic (exact) mass is 491 g/mol. The van der Waals surface area contributed by atoms with Crippen molar-refractivity contribution in [1.82, 2.24) is 4.98 Å². The van der Waals surface area contributed by atoms with Crippen LogP contribution in [0.25, 0.3) is 11.3 Å². The molecule has 0 aliphatic heterocycles. The minimum Gasteiger partial charge on any atom is -0.452 e. The molecule has 0 fully saturated rings. The number of benzene rings is 3. The van der Waals surface area contributed by atoms with E-state index in [0.29, 0.717) is 16.4 Å². The molecular weight excluding hydrogens is 473 g/mol. The third-order valence-corrected chi connectivity index (χ3v) is 5.86. The van der Waals surface area contributed by atoms with Crippen LogP contribution in [-0.4, -0.2) is 28.4 Å².